The zero-order valence-corrected chi connectivity index (χ0v) is 10.1. The molecule has 0 aliphatic heterocycles. The van der Waals surface area contributed by atoms with Crippen LogP contribution >= 0.6 is 11.3 Å². The predicted octanol–water partition coefficient (Wildman–Crippen LogP) is 2.37. The van der Waals surface area contributed by atoms with Crippen molar-refractivity contribution < 1.29 is 14.7 Å². The molecule has 16 heavy (non-hydrogen) atoms. The van der Waals surface area contributed by atoms with Crippen LogP contribution < -0.4 is 10.6 Å². The van der Waals surface area contributed by atoms with Gasteiger partial charge in [0, 0.05) is 5.54 Å². The number of hydrogen-bond donors (Lipinski definition) is 3. The third-order valence-corrected chi connectivity index (χ3v) is 2.50. The number of anilines is 1. The molecule has 3 N–H and O–H groups in total. The largest absolute Gasteiger partial charge is 0.477 e. The van der Waals surface area contributed by atoms with Gasteiger partial charge < -0.3 is 15.7 Å². The molecule has 0 saturated carbocycles. The minimum absolute atomic E-state index is 0.129. The Bertz CT molecular complexity index is 406. The fourth-order valence-corrected chi connectivity index (χ4v) is 1.75. The molecule has 1 aromatic heterocycles. The SMILES string of the molecule is CC(C)(C)NC(=O)Nc1ccsc1C(=O)O. The van der Waals surface area contributed by atoms with Crippen LogP contribution in [0, 0.1) is 0 Å². The van der Waals surface area contributed by atoms with Crippen LogP contribution in [-0.4, -0.2) is 22.6 Å². The first kappa shape index (κ1) is 12.5. The summed E-state index contributed by atoms with van der Waals surface area (Å²) >= 11 is 1.08. The van der Waals surface area contributed by atoms with Gasteiger partial charge in [0.1, 0.15) is 4.88 Å². The van der Waals surface area contributed by atoms with Gasteiger partial charge in [0.2, 0.25) is 0 Å². The maximum absolute atomic E-state index is 11.5. The van der Waals surface area contributed by atoms with Gasteiger partial charge in [-0.1, -0.05) is 0 Å². The number of nitrogens with one attached hydrogen (secondary N) is 2. The number of amides is 2. The molecule has 0 aliphatic rings. The number of hydrogen-bond acceptors (Lipinski definition) is 3. The number of rotatable bonds is 2. The summed E-state index contributed by atoms with van der Waals surface area (Å²) in [6.45, 7) is 5.54. The number of aromatic carboxylic acids is 1. The van der Waals surface area contributed by atoms with E-state index in [0.29, 0.717) is 5.69 Å². The Morgan fingerprint density at radius 2 is 2.00 bits per heavy atom. The molecule has 0 aliphatic carbocycles. The predicted molar refractivity (Wildman–Crippen MR) is 63.2 cm³/mol. The molecule has 1 rings (SSSR count). The van der Waals surface area contributed by atoms with Crippen molar-refractivity contribution in [3.63, 3.8) is 0 Å². The van der Waals surface area contributed by atoms with Gasteiger partial charge >= 0.3 is 12.0 Å². The summed E-state index contributed by atoms with van der Waals surface area (Å²) in [6, 6.07) is 1.16. The summed E-state index contributed by atoms with van der Waals surface area (Å²) in [4.78, 5) is 22.4. The smallest absolute Gasteiger partial charge is 0.348 e. The van der Waals surface area contributed by atoms with Gasteiger partial charge in [-0.15, -0.1) is 11.3 Å². The van der Waals surface area contributed by atoms with Crippen LogP contribution in [-0.2, 0) is 0 Å². The van der Waals surface area contributed by atoms with Crippen molar-refractivity contribution in [2.45, 2.75) is 26.3 Å². The van der Waals surface area contributed by atoms with Crippen molar-refractivity contribution in [3.05, 3.63) is 16.3 Å². The average molecular weight is 242 g/mol. The molecule has 2 amide bonds. The standard InChI is InChI=1S/C10H14N2O3S/c1-10(2,3)12-9(15)11-6-4-5-16-7(6)8(13)14/h4-5H,1-3H3,(H,13,14)(H2,11,12,15). The molecule has 6 heteroatoms. The molecule has 1 aromatic rings. The third-order valence-electron chi connectivity index (χ3n) is 1.60. The Hall–Kier alpha value is -1.56. The molecule has 0 bridgehead atoms. The highest BCUT2D eigenvalue weighted by Crippen LogP contribution is 2.22. The summed E-state index contributed by atoms with van der Waals surface area (Å²) in [6.07, 6.45) is 0. The van der Waals surface area contributed by atoms with E-state index in [-0.39, 0.29) is 10.4 Å². The third kappa shape index (κ3) is 3.54. The molecule has 5 nitrogen and oxygen atoms in total. The molecule has 0 atom stereocenters. The van der Waals surface area contributed by atoms with E-state index in [1.165, 1.54) is 0 Å². The monoisotopic (exact) mass is 242 g/mol. The molecular formula is C10H14N2O3S. The fourth-order valence-electron chi connectivity index (χ4n) is 1.07. The van der Waals surface area contributed by atoms with E-state index in [2.05, 4.69) is 10.6 Å². The second-order valence-corrected chi connectivity index (χ2v) is 5.21. The quantitative estimate of drug-likeness (QED) is 0.745. The van der Waals surface area contributed by atoms with Crippen LogP contribution in [0.3, 0.4) is 0 Å². The first-order valence-electron chi connectivity index (χ1n) is 4.69. The van der Waals surface area contributed by atoms with E-state index in [9.17, 15) is 9.59 Å². The molecule has 0 radical (unpaired) electrons. The number of carboxylic acids is 1. The lowest BCUT2D eigenvalue weighted by Gasteiger charge is -2.20. The van der Waals surface area contributed by atoms with Gasteiger partial charge in [0.25, 0.3) is 0 Å². The van der Waals surface area contributed by atoms with Crippen LogP contribution in [0.25, 0.3) is 0 Å². The minimum atomic E-state index is -1.04. The van der Waals surface area contributed by atoms with Gasteiger partial charge in [0.15, 0.2) is 0 Å². The van der Waals surface area contributed by atoms with Gasteiger partial charge in [-0.3, -0.25) is 0 Å². The molecule has 0 aromatic carbocycles. The van der Waals surface area contributed by atoms with Gasteiger partial charge in [-0.25, -0.2) is 9.59 Å². The van der Waals surface area contributed by atoms with E-state index in [1.807, 2.05) is 20.8 Å². The van der Waals surface area contributed by atoms with E-state index in [4.69, 9.17) is 5.11 Å². The van der Waals surface area contributed by atoms with Crippen molar-refractivity contribution in [1.82, 2.24) is 5.32 Å². The Balaban J connectivity index is 2.70. The lowest BCUT2D eigenvalue weighted by Crippen LogP contribution is -2.43. The second kappa shape index (κ2) is 4.52. The number of thiophene rings is 1. The first-order chi connectivity index (χ1) is 7.29. The highest BCUT2D eigenvalue weighted by Gasteiger charge is 2.17. The van der Waals surface area contributed by atoms with Gasteiger partial charge in [-0.05, 0) is 32.2 Å². The maximum Gasteiger partial charge on any atom is 0.348 e. The topological polar surface area (TPSA) is 78.4 Å². The zero-order chi connectivity index (χ0) is 12.3. The first-order valence-corrected chi connectivity index (χ1v) is 5.57. The highest BCUT2D eigenvalue weighted by atomic mass is 32.1. The Labute approximate surface area is 97.5 Å². The van der Waals surface area contributed by atoms with Crippen molar-refractivity contribution in [1.29, 1.82) is 0 Å². The Kier molecular flexibility index (Phi) is 3.54. The lowest BCUT2D eigenvalue weighted by molar-refractivity contribution is 0.0703. The molecule has 0 fully saturated rings. The number of carbonyl (C=O) groups is 2. The van der Waals surface area contributed by atoms with Crippen LogP contribution in [0.2, 0.25) is 0 Å². The molecular weight excluding hydrogens is 228 g/mol. The van der Waals surface area contributed by atoms with E-state index in [1.54, 1.807) is 11.4 Å². The fraction of sp³-hybridized carbons (Fsp3) is 0.400. The van der Waals surface area contributed by atoms with E-state index >= 15 is 0 Å². The highest BCUT2D eigenvalue weighted by molar-refractivity contribution is 7.12. The second-order valence-electron chi connectivity index (χ2n) is 4.30. The van der Waals surface area contributed by atoms with Crippen molar-refractivity contribution in [2.75, 3.05) is 5.32 Å². The summed E-state index contributed by atoms with van der Waals surface area (Å²) in [5.41, 5.74) is -0.0389. The summed E-state index contributed by atoms with van der Waals surface area (Å²) in [5, 5.41) is 15.7. The number of carboxylic acid groups (broad SMARTS) is 1. The molecule has 0 saturated heterocycles. The van der Waals surface area contributed by atoms with E-state index < -0.39 is 12.0 Å². The molecule has 0 spiro atoms. The lowest BCUT2D eigenvalue weighted by atomic mass is 10.1. The van der Waals surface area contributed by atoms with Crippen LogP contribution in [0.4, 0.5) is 10.5 Å². The van der Waals surface area contributed by atoms with Crippen LogP contribution in [0.5, 0.6) is 0 Å². The van der Waals surface area contributed by atoms with E-state index in [0.717, 1.165) is 11.3 Å². The van der Waals surface area contributed by atoms with Crippen LogP contribution in [0.15, 0.2) is 11.4 Å². The summed E-state index contributed by atoms with van der Waals surface area (Å²) in [5.74, 6) is -1.04. The summed E-state index contributed by atoms with van der Waals surface area (Å²) < 4.78 is 0. The summed E-state index contributed by atoms with van der Waals surface area (Å²) in [7, 11) is 0. The maximum atomic E-state index is 11.5. The van der Waals surface area contributed by atoms with Crippen molar-refractivity contribution in [2.24, 2.45) is 0 Å². The van der Waals surface area contributed by atoms with Crippen LogP contribution in [0.1, 0.15) is 30.4 Å². The zero-order valence-electron chi connectivity index (χ0n) is 9.33. The number of urea groups is 1. The Morgan fingerprint density at radius 1 is 1.38 bits per heavy atom. The molecule has 88 valence electrons. The molecule has 0 unspecified atom stereocenters. The number of carbonyl (C=O) groups excluding carboxylic acids is 1. The minimum Gasteiger partial charge on any atom is -0.477 e. The Morgan fingerprint density at radius 3 is 2.50 bits per heavy atom. The van der Waals surface area contributed by atoms with Crippen molar-refractivity contribution in [3.8, 4) is 0 Å². The van der Waals surface area contributed by atoms with Crippen molar-refractivity contribution >= 4 is 29.0 Å². The molecule has 1 heterocycles. The average Bonchev–Trinajstić information content (AvgIpc) is 2.47. The normalized spacial score (nSPS) is 10.9. The van der Waals surface area contributed by atoms with Gasteiger partial charge in [-0.2, -0.15) is 0 Å². The van der Waals surface area contributed by atoms with Gasteiger partial charge in [0.05, 0.1) is 5.69 Å².